The Morgan fingerprint density at radius 2 is 1.77 bits per heavy atom. The van der Waals surface area contributed by atoms with E-state index in [9.17, 15) is 18.4 Å². The van der Waals surface area contributed by atoms with Crippen LogP contribution < -0.4 is 0 Å². The summed E-state index contributed by atoms with van der Waals surface area (Å²) in [5.41, 5.74) is -0.0586. The zero-order valence-corrected chi connectivity index (χ0v) is 12.8. The maximum absolute atomic E-state index is 13.3. The topological polar surface area (TPSA) is 40.6 Å². The van der Waals surface area contributed by atoms with E-state index in [-0.39, 0.29) is 11.5 Å². The fraction of sp³-hybridized carbons (Fsp3) is 0.500. The standard InChI is InChI=1S/C16H20F2N2O2/c1-3-19(4-2)16(22)14-6-5-7-20(14)15(21)11-8-12(17)10-13(18)9-11/h8-10,14H,3-7H2,1-2H3. The zero-order chi connectivity index (χ0) is 16.3. The summed E-state index contributed by atoms with van der Waals surface area (Å²) in [6, 6.07) is 2.18. The first kappa shape index (κ1) is 16.4. The Morgan fingerprint density at radius 1 is 1.18 bits per heavy atom. The monoisotopic (exact) mass is 310 g/mol. The molecule has 1 atom stereocenters. The van der Waals surface area contributed by atoms with Gasteiger partial charge >= 0.3 is 0 Å². The summed E-state index contributed by atoms with van der Waals surface area (Å²) in [5, 5.41) is 0. The molecule has 1 heterocycles. The van der Waals surface area contributed by atoms with Gasteiger partial charge in [0.15, 0.2) is 0 Å². The molecule has 0 aromatic heterocycles. The first-order valence-corrected chi connectivity index (χ1v) is 7.53. The quantitative estimate of drug-likeness (QED) is 0.857. The third-order valence-electron chi connectivity index (χ3n) is 3.98. The van der Waals surface area contributed by atoms with Gasteiger partial charge in [-0.1, -0.05) is 0 Å². The summed E-state index contributed by atoms with van der Waals surface area (Å²) in [6.07, 6.45) is 1.29. The summed E-state index contributed by atoms with van der Waals surface area (Å²) in [6.45, 7) is 5.33. The number of hydrogen-bond acceptors (Lipinski definition) is 2. The van der Waals surface area contributed by atoms with Crippen molar-refractivity contribution < 1.29 is 18.4 Å². The van der Waals surface area contributed by atoms with Gasteiger partial charge in [-0.3, -0.25) is 9.59 Å². The van der Waals surface area contributed by atoms with Crippen LogP contribution in [0, 0.1) is 11.6 Å². The highest BCUT2D eigenvalue weighted by Gasteiger charge is 2.36. The number of amides is 2. The highest BCUT2D eigenvalue weighted by molar-refractivity contribution is 5.98. The fourth-order valence-corrected chi connectivity index (χ4v) is 2.86. The Kier molecular flexibility index (Phi) is 5.11. The predicted octanol–water partition coefficient (Wildman–Crippen LogP) is 2.44. The summed E-state index contributed by atoms with van der Waals surface area (Å²) in [4.78, 5) is 28.1. The minimum Gasteiger partial charge on any atom is -0.341 e. The molecule has 1 fully saturated rings. The van der Waals surface area contributed by atoms with E-state index in [0.29, 0.717) is 32.5 Å². The Morgan fingerprint density at radius 3 is 2.32 bits per heavy atom. The molecule has 1 aromatic carbocycles. The zero-order valence-electron chi connectivity index (χ0n) is 12.8. The SMILES string of the molecule is CCN(CC)C(=O)C1CCCN1C(=O)c1cc(F)cc(F)c1. The summed E-state index contributed by atoms with van der Waals surface area (Å²) >= 11 is 0. The molecule has 22 heavy (non-hydrogen) atoms. The molecule has 2 rings (SSSR count). The lowest BCUT2D eigenvalue weighted by atomic mass is 10.1. The number of hydrogen-bond donors (Lipinski definition) is 0. The number of carbonyl (C=O) groups is 2. The van der Waals surface area contributed by atoms with Crippen LogP contribution in [0.3, 0.4) is 0 Å². The van der Waals surface area contributed by atoms with Crippen LogP contribution in [0.4, 0.5) is 8.78 Å². The van der Waals surface area contributed by atoms with E-state index in [1.165, 1.54) is 4.90 Å². The third-order valence-corrected chi connectivity index (χ3v) is 3.98. The second-order valence-electron chi connectivity index (χ2n) is 5.33. The van der Waals surface area contributed by atoms with Crippen LogP contribution in [0.25, 0.3) is 0 Å². The molecular formula is C16H20F2N2O2. The lowest BCUT2D eigenvalue weighted by molar-refractivity contribution is -0.134. The molecule has 120 valence electrons. The van der Waals surface area contributed by atoms with E-state index < -0.39 is 23.6 Å². The fourth-order valence-electron chi connectivity index (χ4n) is 2.86. The minimum absolute atomic E-state index is 0.0586. The average Bonchev–Trinajstić information content (AvgIpc) is 2.95. The molecule has 0 radical (unpaired) electrons. The van der Waals surface area contributed by atoms with Crippen LogP contribution in [-0.4, -0.2) is 47.3 Å². The maximum atomic E-state index is 13.3. The predicted molar refractivity (Wildman–Crippen MR) is 78.3 cm³/mol. The highest BCUT2D eigenvalue weighted by Crippen LogP contribution is 2.22. The summed E-state index contributed by atoms with van der Waals surface area (Å²) < 4.78 is 26.6. The van der Waals surface area contributed by atoms with Gasteiger partial charge in [-0.2, -0.15) is 0 Å². The summed E-state index contributed by atoms with van der Waals surface area (Å²) in [5.74, 6) is -2.20. The van der Waals surface area contributed by atoms with E-state index in [4.69, 9.17) is 0 Å². The smallest absolute Gasteiger partial charge is 0.254 e. The van der Waals surface area contributed by atoms with Crippen molar-refractivity contribution in [2.45, 2.75) is 32.7 Å². The molecule has 0 saturated carbocycles. The molecule has 0 N–H and O–H groups in total. The van der Waals surface area contributed by atoms with Gasteiger partial charge in [-0.15, -0.1) is 0 Å². The third kappa shape index (κ3) is 3.26. The first-order chi connectivity index (χ1) is 10.5. The van der Waals surface area contributed by atoms with Gasteiger partial charge in [-0.05, 0) is 38.8 Å². The maximum Gasteiger partial charge on any atom is 0.254 e. The van der Waals surface area contributed by atoms with Crippen molar-refractivity contribution in [3.05, 3.63) is 35.4 Å². The van der Waals surface area contributed by atoms with Crippen molar-refractivity contribution in [3.63, 3.8) is 0 Å². The molecule has 0 spiro atoms. The normalized spacial score (nSPS) is 17.6. The number of likely N-dealkylation sites (tertiary alicyclic amines) is 1. The molecule has 4 nitrogen and oxygen atoms in total. The van der Waals surface area contributed by atoms with Gasteiger partial charge < -0.3 is 9.80 Å². The highest BCUT2D eigenvalue weighted by atomic mass is 19.1. The Balaban J connectivity index is 2.22. The molecule has 1 saturated heterocycles. The molecule has 1 aliphatic heterocycles. The molecule has 1 aliphatic rings. The van der Waals surface area contributed by atoms with Gasteiger partial charge in [0.05, 0.1) is 0 Å². The van der Waals surface area contributed by atoms with Crippen molar-refractivity contribution in [1.29, 1.82) is 0 Å². The van der Waals surface area contributed by atoms with Crippen molar-refractivity contribution in [3.8, 4) is 0 Å². The Hall–Kier alpha value is -1.98. The number of benzene rings is 1. The second-order valence-corrected chi connectivity index (χ2v) is 5.33. The number of nitrogens with zero attached hydrogens (tertiary/aromatic N) is 2. The number of carbonyl (C=O) groups excluding carboxylic acids is 2. The van der Waals surface area contributed by atoms with Gasteiger partial charge in [0.25, 0.3) is 5.91 Å². The molecular weight excluding hydrogens is 290 g/mol. The van der Waals surface area contributed by atoms with Gasteiger partial charge in [0, 0.05) is 31.3 Å². The van der Waals surface area contributed by atoms with E-state index >= 15 is 0 Å². The van der Waals surface area contributed by atoms with Crippen molar-refractivity contribution in [1.82, 2.24) is 9.80 Å². The van der Waals surface area contributed by atoms with E-state index in [2.05, 4.69) is 0 Å². The van der Waals surface area contributed by atoms with Gasteiger partial charge in [0.2, 0.25) is 5.91 Å². The number of likely N-dealkylation sites (N-methyl/N-ethyl adjacent to an activating group) is 1. The number of halogens is 2. The minimum atomic E-state index is -0.797. The first-order valence-electron chi connectivity index (χ1n) is 7.53. The molecule has 0 bridgehead atoms. The molecule has 6 heteroatoms. The van der Waals surface area contributed by atoms with Crippen LogP contribution in [0.1, 0.15) is 37.0 Å². The van der Waals surface area contributed by atoms with Crippen molar-refractivity contribution >= 4 is 11.8 Å². The van der Waals surface area contributed by atoms with Crippen LogP contribution in [0.2, 0.25) is 0 Å². The van der Waals surface area contributed by atoms with Gasteiger partial charge in [-0.25, -0.2) is 8.78 Å². The Labute approximate surface area is 128 Å². The van der Waals surface area contributed by atoms with Gasteiger partial charge in [0.1, 0.15) is 17.7 Å². The molecule has 1 unspecified atom stereocenters. The van der Waals surface area contributed by atoms with Crippen LogP contribution in [-0.2, 0) is 4.79 Å². The lowest BCUT2D eigenvalue weighted by Gasteiger charge is -2.29. The lowest BCUT2D eigenvalue weighted by Crippen LogP contribution is -2.47. The molecule has 1 aromatic rings. The second kappa shape index (κ2) is 6.85. The van der Waals surface area contributed by atoms with Crippen molar-refractivity contribution in [2.75, 3.05) is 19.6 Å². The average molecular weight is 310 g/mol. The largest absolute Gasteiger partial charge is 0.341 e. The summed E-state index contributed by atoms with van der Waals surface area (Å²) in [7, 11) is 0. The molecule has 2 amide bonds. The van der Waals surface area contributed by atoms with Crippen LogP contribution in [0.15, 0.2) is 18.2 Å². The van der Waals surface area contributed by atoms with Crippen LogP contribution >= 0.6 is 0 Å². The molecule has 0 aliphatic carbocycles. The van der Waals surface area contributed by atoms with Crippen LogP contribution in [0.5, 0.6) is 0 Å². The van der Waals surface area contributed by atoms with E-state index in [1.54, 1.807) is 4.90 Å². The van der Waals surface area contributed by atoms with E-state index in [1.807, 2.05) is 13.8 Å². The Bertz CT molecular complexity index is 553. The number of rotatable bonds is 4. The van der Waals surface area contributed by atoms with Crippen molar-refractivity contribution in [2.24, 2.45) is 0 Å². The van der Waals surface area contributed by atoms with E-state index in [0.717, 1.165) is 18.2 Å².